The van der Waals surface area contributed by atoms with Gasteiger partial charge in [0.25, 0.3) is 11.5 Å². The molecule has 0 saturated heterocycles. The van der Waals surface area contributed by atoms with Crippen LogP contribution in [0.15, 0.2) is 78.0 Å². The molecule has 3 aromatic heterocycles. The molecular weight excluding hydrogens is 416 g/mol. The summed E-state index contributed by atoms with van der Waals surface area (Å²) >= 11 is 0. The Bertz CT molecular complexity index is 1540. The number of carbonyl (C=O) groups excluding carboxylic acids is 1. The first-order chi connectivity index (χ1) is 16.1. The van der Waals surface area contributed by atoms with Gasteiger partial charge in [-0.2, -0.15) is 5.10 Å². The van der Waals surface area contributed by atoms with Crippen molar-refractivity contribution < 1.29 is 4.79 Å². The summed E-state index contributed by atoms with van der Waals surface area (Å²) < 4.78 is 3.21. The zero-order chi connectivity index (χ0) is 22.8. The fourth-order valence-corrected chi connectivity index (χ4v) is 3.84. The lowest BCUT2D eigenvalue weighted by Gasteiger charge is -2.08. The molecule has 5 rings (SSSR count). The Morgan fingerprint density at radius 3 is 2.82 bits per heavy atom. The molecule has 0 atom stereocenters. The van der Waals surface area contributed by atoms with Crippen molar-refractivity contribution in [3.8, 4) is 0 Å². The van der Waals surface area contributed by atoms with Gasteiger partial charge >= 0.3 is 0 Å². The Labute approximate surface area is 189 Å². The summed E-state index contributed by atoms with van der Waals surface area (Å²) in [6.45, 7) is 3.19. The summed E-state index contributed by atoms with van der Waals surface area (Å²) in [4.78, 5) is 34.3. The molecule has 0 radical (unpaired) electrons. The molecule has 1 amide bonds. The Hall–Kier alpha value is -4.33. The Balaban J connectivity index is 1.27. The molecule has 3 heterocycles. The van der Waals surface area contributed by atoms with E-state index in [9.17, 15) is 9.59 Å². The van der Waals surface area contributed by atoms with Crippen molar-refractivity contribution in [3.63, 3.8) is 0 Å². The molecule has 8 heteroatoms. The van der Waals surface area contributed by atoms with Crippen molar-refractivity contribution in [1.82, 2.24) is 29.6 Å². The zero-order valence-corrected chi connectivity index (χ0v) is 18.1. The number of aromatic nitrogens is 5. The summed E-state index contributed by atoms with van der Waals surface area (Å²) in [6.07, 6.45) is 3.08. The van der Waals surface area contributed by atoms with Crippen molar-refractivity contribution in [1.29, 1.82) is 0 Å². The van der Waals surface area contributed by atoms with Gasteiger partial charge in [-0.1, -0.05) is 54.1 Å². The summed E-state index contributed by atoms with van der Waals surface area (Å²) in [7, 11) is 0. The second-order valence-corrected chi connectivity index (χ2v) is 7.92. The highest BCUT2D eigenvalue weighted by Gasteiger charge is 2.12. The molecule has 0 spiro atoms. The first kappa shape index (κ1) is 20.6. The maximum absolute atomic E-state index is 12.9. The van der Waals surface area contributed by atoms with Crippen LogP contribution in [-0.2, 0) is 13.1 Å². The average molecular weight is 438 g/mol. The van der Waals surface area contributed by atoms with E-state index in [1.54, 1.807) is 21.6 Å². The fraction of sp³-hybridized carbons (Fsp3) is 0.160. The van der Waals surface area contributed by atoms with Gasteiger partial charge in [-0.15, -0.1) is 0 Å². The Morgan fingerprint density at radius 2 is 1.94 bits per heavy atom. The van der Waals surface area contributed by atoms with Crippen LogP contribution in [0, 0.1) is 6.92 Å². The third-order valence-corrected chi connectivity index (χ3v) is 5.50. The molecular formula is C25H22N6O2. The van der Waals surface area contributed by atoms with E-state index in [1.807, 2.05) is 61.5 Å². The lowest BCUT2D eigenvalue weighted by atomic mass is 10.1. The maximum Gasteiger partial charge on any atom is 0.269 e. The molecule has 0 fully saturated rings. The average Bonchev–Trinajstić information content (AvgIpc) is 3.24. The lowest BCUT2D eigenvalue weighted by molar-refractivity contribution is 0.0947. The van der Waals surface area contributed by atoms with Gasteiger partial charge in [0.15, 0.2) is 5.65 Å². The number of amides is 1. The number of nitrogens with zero attached hydrogens (tertiary/aromatic N) is 5. The van der Waals surface area contributed by atoms with Crippen molar-refractivity contribution in [2.24, 2.45) is 0 Å². The van der Waals surface area contributed by atoms with Crippen molar-refractivity contribution in [2.75, 3.05) is 6.54 Å². The molecule has 164 valence electrons. The van der Waals surface area contributed by atoms with Gasteiger partial charge in [0.1, 0.15) is 17.4 Å². The maximum atomic E-state index is 12.9. The number of fused-ring (bicyclic) bond motifs is 2. The number of nitrogens with one attached hydrogen (secondary N) is 1. The number of hydrogen-bond donors (Lipinski definition) is 1. The molecule has 1 N–H and O–H groups in total. The number of hydrogen-bond acceptors (Lipinski definition) is 5. The molecule has 2 aromatic carbocycles. The van der Waals surface area contributed by atoms with Crippen LogP contribution in [0.25, 0.3) is 21.9 Å². The first-order valence-corrected chi connectivity index (χ1v) is 10.7. The van der Waals surface area contributed by atoms with E-state index in [2.05, 4.69) is 20.4 Å². The highest BCUT2D eigenvalue weighted by molar-refractivity contribution is 5.94. The van der Waals surface area contributed by atoms with Crippen molar-refractivity contribution in [2.45, 2.75) is 20.0 Å². The topological polar surface area (TPSA) is 94.7 Å². The third kappa shape index (κ3) is 4.23. The molecule has 33 heavy (non-hydrogen) atoms. The molecule has 0 bridgehead atoms. The molecule has 0 aliphatic rings. The van der Waals surface area contributed by atoms with Crippen LogP contribution in [0.4, 0.5) is 0 Å². The Kier molecular flexibility index (Phi) is 5.40. The molecule has 0 saturated carbocycles. The van der Waals surface area contributed by atoms with Crippen LogP contribution in [0.3, 0.4) is 0 Å². The minimum absolute atomic E-state index is 0.142. The minimum Gasteiger partial charge on any atom is -0.349 e. The summed E-state index contributed by atoms with van der Waals surface area (Å²) in [5.74, 6) is -0.259. The van der Waals surface area contributed by atoms with Crippen LogP contribution in [0.5, 0.6) is 0 Å². The monoisotopic (exact) mass is 438 g/mol. The van der Waals surface area contributed by atoms with E-state index < -0.39 is 0 Å². The second kappa shape index (κ2) is 8.66. The van der Waals surface area contributed by atoms with E-state index in [0.717, 1.165) is 22.0 Å². The molecule has 0 unspecified atom stereocenters. The van der Waals surface area contributed by atoms with Gasteiger partial charge in [0, 0.05) is 11.9 Å². The standard InChI is InChI=1S/C25H22N6O2/c1-17-5-4-6-18(13-17)15-30-16-27-23-20(25(30)33)14-28-31(23)12-11-26-24(32)22-10-9-19-7-2-3-8-21(19)29-22/h2-10,13-14,16H,11-12,15H2,1H3,(H,26,32). The SMILES string of the molecule is Cc1cccc(Cn2cnc3c(cnn3CCNC(=O)c3ccc4ccccc4n3)c2=O)c1. The van der Waals surface area contributed by atoms with Gasteiger partial charge in [-0.05, 0) is 24.6 Å². The largest absolute Gasteiger partial charge is 0.349 e. The summed E-state index contributed by atoms with van der Waals surface area (Å²) in [6, 6.07) is 19.3. The van der Waals surface area contributed by atoms with Crippen LogP contribution in [-0.4, -0.2) is 36.8 Å². The van der Waals surface area contributed by atoms with Crippen LogP contribution < -0.4 is 10.9 Å². The first-order valence-electron chi connectivity index (χ1n) is 10.7. The van der Waals surface area contributed by atoms with Gasteiger partial charge in [-0.25, -0.2) is 14.6 Å². The number of benzene rings is 2. The highest BCUT2D eigenvalue weighted by Crippen LogP contribution is 2.12. The van der Waals surface area contributed by atoms with Gasteiger partial charge < -0.3 is 5.32 Å². The highest BCUT2D eigenvalue weighted by atomic mass is 16.2. The van der Waals surface area contributed by atoms with Crippen molar-refractivity contribution >= 4 is 27.8 Å². The number of aryl methyl sites for hydroxylation is 1. The molecule has 5 aromatic rings. The van der Waals surface area contributed by atoms with Crippen LogP contribution in [0.2, 0.25) is 0 Å². The normalized spacial score (nSPS) is 11.2. The minimum atomic E-state index is -0.259. The van der Waals surface area contributed by atoms with E-state index in [-0.39, 0.29) is 11.5 Å². The molecule has 0 aliphatic heterocycles. The van der Waals surface area contributed by atoms with Crippen LogP contribution in [0.1, 0.15) is 21.6 Å². The molecule has 0 aliphatic carbocycles. The predicted octanol–water partition coefficient (Wildman–Crippen LogP) is 2.93. The second-order valence-electron chi connectivity index (χ2n) is 7.92. The van der Waals surface area contributed by atoms with Gasteiger partial charge in [0.05, 0.1) is 24.8 Å². The quantitative estimate of drug-likeness (QED) is 0.440. The third-order valence-electron chi connectivity index (χ3n) is 5.50. The van der Waals surface area contributed by atoms with Crippen LogP contribution >= 0.6 is 0 Å². The molecule has 8 nitrogen and oxygen atoms in total. The van der Waals surface area contributed by atoms with E-state index >= 15 is 0 Å². The Morgan fingerprint density at radius 1 is 1.06 bits per heavy atom. The number of rotatable bonds is 6. The fourth-order valence-electron chi connectivity index (χ4n) is 3.84. The van der Waals surface area contributed by atoms with E-state index in [4.69, 9.17) is 0 Å². The summed E-state index contributed by atoms with van der Waals surface area (Å²) in [5.41, 5.74) is 3.67. The van der Waals surface area contributed by atoms with Crippen molar-refractivity contribution in [3.05, 3.63) is 100 Å². The number of para-hydroxylation sites is 1. The predicted molar refractivity (Wildman–Crippen MR) is 126 cm³/mol. The van der Waals surface area contributed by atoms with E-state index in [1.165, 1.54) is 6.20 Å². The number of pyridine rings is 1. The van der Waals surface area contributed by atoms with Gasteiger partial charge in [0.2, 0.25) is 0 Å². The lowest BCUT2D eigenvalue weighted by Crippen LogP contribution is -2.28. The zero-order valence-electron chi connectivity index (χ0n) is 18.1. The van der Waals surface area contributed by atoms with Gasteiger partial charge in [-0.3, -0.25) is 14.2 Å². The summed E-state index contributed by atoms with van der Waals surface area (Å²) in [5, 5.41) is 8.59. The smallest absolute Gasteiger partial charge is 0.269 e. The van der Waals surface area contributed by atoms with E-state index in [0.29, 0.717) is 36.4 Å². The number of carbonyl (C=O) groups is 1.